The second-order valence-corrected chi connectivity index (χ2v) is 7.31. The zero-order valence-corrected chi connectivity index (χ0v) is 15.0. The third-order valence-electron chi connectivity index (χ3n) is 5.16. The van der Waals surface area contributed by atoms with E-state index in [1.54, 1.807) is 24.3 Å². The van der Waals surface area contributed by atoms with E-state index < -0.39 is 6.04 Å². The van der Waals surface area contributed by atoms with Gasteiger partial charge in [-0.25, -0.2) is 0 Å². The van der Waals surface area contributed by atoms with Crippen LogP contribution in [0.3, 0.4) is 0 Å². The molecule has 3 rings (SSSR count). The molecule has 0 N–H and O–H groups in total. The molecule has 5 nitrogen and oxygen atoms in total. The molecule has 25 heavy (non-hydrogen) atoms. The molecule has 0 aromatic heterocycles. The molecule has 2 aliphatic heterocycles. The van der Waals surface area contributed by atoms with E-state index in [2.05, 4.69) is 0 Å². The van der Waals surface area contributed by atoms with Gasteiger partial charge in [-0.05, 0) is 30.9 Å². The second-order valence-electron chi connectivity index (χ2n) is 7.31. The lowest BCUT2D eigenvalue weighted by molar-refractivity contribution is -0.137. The van der Waals surface area contributed by atoms with Gasteiger partial charge in [0.2, 0.25) is 5.91 Å². The summed E-state index contributed by atoms with van der Waals surface area (Å²) in [4.78, 5) is 41.9. The van der Waals surface area contributed by atoms with Crippen molar-refractivity contribution in [2.24, 2.45) is 5.92 Å². The Morgan fingerprint density at radius 1 is 0.880 bits per heavy atom. The number of benzene rings is 1. The van der Waals surface area contributed by atoms with Gasteiger partial charge in [-0.1, -0.05) is 45.2 Å². The van der Waals surface area contributed by atoms with Gasteiger partial charge in [0.25, 0.3) is 11.8 Å². The summed E-state index contributed by atoms with van der Waals surface area (Å²) in [6.45, 7) is 5.22. The molecule has 0 aliphatic carbocycles. The molecule has 1 aromatic rings. The summed E-state index contributed by atoms with van der Waals surface area (Å²) in [5.74, 6) is -0.911. The van der Waals surface area contributed by atoms with Gasteiger partial charge in [0.05, 0.1) is 11.1 Å². The molecule has 2 aliphatic rings. The fourth-order valence-electron chi connectivity index (χ4n) is 3.81. The van der Waals surface area contributed by atoms with E-state index in [4.69, 9.17) is 0 Å². The first-order valence-corrected chi connectivity index (χ1v) is 9.28. The molecule has 1 aromatic carbocycles. The van der Waals surface area contributed by atoms with Crippen LogP contribution in [0.1, 0.15) is 66.7 Å². The standard InChI is InChI=1S/C20H26N2O3/c1-14(2)17(20(25)21-12-8-4-3-5-9-13-21)22-18(23)15-10-6-7-11-16(15)19(22)24/h6-7,10-11,14,17H,3-5,8-9,12-13H2,1-2H3/t17-/m1/s1. The van der Waals surface area contributed by atoms with Gasteiger partial charge in [0.1, 0.15) is 6.04 Å². The lowest BCUT2D eigenvalue weighted by Crippen LogP contribution is -2.54. The lowest BCUT2D eigenvalue weighted by atomic mass is 9.99. The quantitative estimate of drug-likeness (QED) is 0.793. The molecule has 3 amide bonds. The Bertz CT molecular complexity index is 640. The van der Waals surface area contributed by atoms with Crippen LogP contribution in [-0.2, 0) is 4.79 Å². The largest absolute Gasteiger partial charge is 0.341 e. The van der Waals surface area contributed by atoms with Gasteiger partial charge in [-0.3, -0.25) is 19.3 Å². The highest BCUT2D eigenvalue weighted by atomic mass is 16.2. The van der Waals surface area contributed by atoms with Crippen molar-refractivity contribution in [2.45, 2.75) is 52.0 Å². The van der Waals surface area contributed by atoms with Crippen LogP contribution in [0.15, 0.2) is 24.3 Å². The Morgan fingerprint density at radius 3 is 1.84 bits per heavy atom. The maximum Gasteiger partial charge on any atom is 0.262 e. The fraction of sp³-hybridized carbons (Fsp3) is 0.550. The molecule has 0 radical (unpaired) electrons. The van der Waals surface area contributed by atoms with E-state index >= 15 is 0 Å². The van der Waals surface area contributed by atoms with E-state index in [0.29, 0.717) is 24.2 Å². The van der Waals surface area contributed by atoms with E-state index in [-0.39, 0.29) is 23.6 Å². The molecule has 0 spiro atoms. The normalized spacial score (nSPS) is 19.6. The van der Waals surface area contributed by atoms with Gasteiger partial charge in [-0.15, -0.1) is 0 Å². The average Bonchev–Trinajstić information content (AvgIpc) is 2.80. The molecule has 1 atom stereocenters. The molecule has 1 saturated heterocycles. The van der Waals surface area contributed by atoms with Gasteiger partial charge < -0.3 is 4.90 Å². The Hall–Kier alpha value is -2.17. The van der Waals surface area contributed by atoms with Crippen LogP contribution < -0.4 is 0 Å². The number of likely N-dealkylation sites (tertiary alicyclic amines) is 1. The van der Waals surface area contributed by atoms with Crippen molar-refractivity contribution >= 4 is 17.7 Å². The summed E-state index contributed by atoms with van der Waals surface area (Å²) >= 11 is 0. The molecule has 1 fully saturated rings. The van der Waals surface area contributed by atoms with Crippen LogP contribution in [-0.4, -0.2) is 46.7 Å². The van der Waals surface area contributed by atoms with Crippen molar-refractivity contribution in [3.05, 3.63) is 35.4 Å². The van der Waals surface area contributed by atoms with Crippen LogP contribution in [0.5, 0.6) is 0 Å². The van der Waals surface area contributed by atoms with Gasteiger partial charge in [0.15, 0.2) is 0 Å². The molecule has 134 valence electrons. The topological polar surface area (TPSA) is 57.7 Å². The van der Waals surface area contributed by atoms with Crippen LogP contribution in [0.25, 0.3) is 0 Å². The van der Waals surface area contributed by atoms with Gasteiger partial charge >= 0.3 is 0 Å². The summed E-state index contributed by atoms with van der Waals surface area (Å²) < 4.78 is 0. The van der Waals surface area contributed by atoms with Gasteiger partial charge in [-0.2, -0.15) is 0 Å². The maximum atomic E-state index is 13.2. The van der Waals surface area contributed by atoms with Crippen LogP contribution >= 0.6 is 0 Å². The molecular weight excluding hydrogens is 316 g/mol. The van der Waals surface area contributed by atoms with E-state index in [1.165, 1.54) is 11.3 Å². The number of hydrogen-bond donors (Lipinski definition) is 0. The predicted molar refractivity (Wildman–Crippen MR) is 95.2 cm³/mol. The lowest BCUT2D eigenvalue weighted by Gasteiger charge is -2.34. The monoisotopic (exact) mass is 342 g/mol. The van der Waals surface area contributed by atoms with Crippen LogP contribution in [0, 0.1) is 5.92 Å². The zero-order chi connectivity index (χ0) is 18.0. The Balaban J connectivity index is 1.87. The van der Waals surface area contributed by atoms with Crippen molar-refractivity contribution in [2.75, 3.05) is 13.1 Å². The molecule has 2 heterocycles. The Labute approximate surface area is 149 Å². The summed E-state index contributed by atoms with van der Waals surface area (Å²) in [6.07, 6.45) is 5.44. The highest BCUT2D eigenvalue weighted by Crippen LogP contribution is 2.28. The number of nitrogens with zero attached hydrogens (tertiary/aromatic N) is 2. The number of rotatable bonds is 3. The first-order chi connectivity index (χ1) is 12.0. The molecule has 0 saturated carbocycles. The average molecular weight is 342 g/mol. The van der Waals surface area contributed by atoms with E-state index in [1.807, 2.05) is 18.7 Å². The van der Waals surface area contributed by atoms with Crippen molar-refractivity contribution in [3.8, 4) is 0 Å². The minimum absolute atomic E-state index is 0.0913. The summed E-state index contributed by atoms with van der Waals surface area (Å²) in [5, 5.41) is 0. The highest BCUT2D eigenvalue weighted by Gasteiger charge is 2.44. The Morgan fingerprint density at radius 2 is 1.36 bits per heavy atom. The maximum absolute atomic E-state index is 13.2. The molecular formula is C20H26N2O3. The second kappa shape index (κ2) is 7.38. The number of fused-ring (bicyclic) bond motifs is 1. The zero-order valence-electron chi connectivity index (χ0n) is 15.0. The first-order valence-electron chi connectivity index (χ1n) is 9.28. The highest BCUT2D eigenvalue weighted by molar-refractivity contribution is 6.22. The summed E-state index contributed by atoms with van der Waals surface area (Å²) in [6, 6.07) is 6.09. The van der Waals surface area contributed by atoms with Crippen molar-refractivity contribution in [1.29, 1.82) is 0 Å². The van der Waals surface area contributed by atoms with Crippen molar-refractivity contribution < 1.29 is 14.4 Å². The third-order valence-corrected chi connectivity index (χ3v) is 5.16. The summed E-state index contributed by atoms with van der Waals surface area (Å²) in [5.41, 5.74) is 0.803. The third kappa shape index (κ3) is 3.32. The number of amides is 3. The van der Waals surface area contributed by atoms with Crippen LogP contribution in [0.4, 0.5) is 0 Å². The minimum atomic E-state index is -0.730. The fourth-order valence-corrected chi connectivity index (χ4v) is 3.81. The predicted octanol–water partition coefficient (Wildman–Crippen LogP) is 3.10. The van der Waals surface area contributed by atoms with E-state index in [0.717, 1.165) is 25.7 Å². The number of imide groups is 1. The molecule has 0 bridgehead atoms. The van der Waals surface area contributed by atoms with Crippen molar-refractivity contribution in [1.82, 2.24) is 9.80 Å². The molecule has 0 unspecified atom stereocenters. The van der Waals surface area contributed by atoms with Crippen LogP contribution in [0.2, 0.25) is 0 Å². The van der Waals surface area contributed by atoms with Gasteiger partial charge in [0, 0.05) is 13.1 Å². The smallest absolute Gasteiger partial charge is 0.262 e. The van der Waals surface area contributed by atoms with Crippen molar-refractivity contribution in [3.63, 3.8) is 0 Å². The summed E-state index contributed by atoms with van der Waals surface area (Å²) in [7, 11) is 0. The minimum Gasteiger partial charge on any atom is -0.341 e. The number of carbonyl (C=O) groups excluding carboxylic acids is 3. The molecule has 5 heteroatoms. The Kier molecular flexibility index (Phi) is 5.21. The number of carbonyl (C=O) groups is 3. The SMILES string of the molecule is CC(C)[C@H](C(=O)N1CCCCCCC1)N1C(=O)c2ccccc2C1=O. The van der Waals surface area contributed by atoms with E-state index in [9.17, 15) is 14.4 Å². The number of hydrogen-bond acceptors (Lipinski definition) is 3. The first kappa shape index (κ1) is 17.6.